The number of amides is 1. The largest absolute Gasteiger partial charge is 0.339 e. The van der Waals surface area contributed by atoms with Crippen molar-refractivity contribution in [2.45, 2.75) is 33.2 Å². The van der Waals surface area contributed by atoms with E-state index in [2.05, 4.69) is 13.8 Å². The molecule has 1 amide bonds. The summed E-state index contributed by atoms with van der Waals surface area (Å²) in [6.07, 6.45) is 0.996. The fourth-order valence-corrected chi connectivity index (χ4v) is 1.92. The van der Waals surface area contributed by atoms with E-state index in [-0.39, 0.29) is 5.92 Å². The van der Waals surface area contributed by atoms with E-state index in [1.165, 1.54) is 0 Å². The lowest BCUT2D eigenvalue weighted by molar-refractivity contribution is -0.131. The van der Waals surface area contributed by atoms with E-state index in [0.29, 0.717) is 24.4 Å². The SMILES string of the molecule is CC(CN)CN1C(=O)C(C)CC1C. The molecule has 3 unspecified atom stereocenters. The second kappa shape index (κ2) is 4.09. The minimum atomic E-state index is 0.208. The van der Waals surface area contributed by atoms with E-state index in [9.17, 15) is 4.79 Å². The van der Waals surface area contributed by atoms with E-state index in [1.807, 2.05) is 11.8 Å². The lowest BCUT2D eigenvalue weighted by atomic mass is 10.1. The van der Waals surface area contributed by atoms with Gasteiger partial charge in [0.15, 0.2) is 0 Å². The number of carbonyl (C=O) groups is 1. The van der Waals surface area contributed by atoms with Crippen LogP contribution in [0.25, 0.3) is 0 Å². The van der Waals surface area contributed by atoms with Crippen LogP contribution in [0.5, 0.6) is 0 Å². The third kappa shape index (κ3) is 2.21. The van der Waals surface area contributed by atoms with Crippen LogP contribution in [0, 0.1) is 11.8 Å². The van der Waals surface area contributed by atoms with Gasteiger partial charge in [-0.25, -0.2) is 0 Å². The standard InChI is InChI=1S/C10H20N2O/c1-7(5-11)6-12-9(3)4-8(2)10(12)13/h7-9H,4-6,11H2,1-3H3. The molecule has 0 radical (unpaired) electrons. The van der Waals surface area contributed by atoms with Crippen LogP contribution in [0.15, 0.2) is 0 Å². The molecule has 3 atom stereocenters. The van der Waals surface area contributed by atoms with Gasteiger partial charge in [-0.05, 0) is 25.8 Å². The van der Waals surface area contributed by atoms with Crippen LogP contribution >= 0.6 is 0 Å². The first-order valence-electron chi connectivity index (χ1n) is 5.06. The van der Waals surface area contributed by atoms with Crippen LogP contribution in [-0.4, -0.2) is 29.9 Å². The molecule has 0 aromatic carbocycles. The van der Waals surface area contributed by atoms with Gasteiger partial charge in [-0.3, -0.25) is 4.79 Å². The summed E-state index contributed by atoms with van der Waals surface area (Å²) >= 11 is 0. The maximum Gasteiger partial charge on any atom is 0.225 e. The van der Waals surface area contributed by atoms with E-state index in [4.69, 9.17) is 5.73 Å². The minimum absolute atomic E-state index is 0.208. The lowest BCUT2D eigenvalue weighted by Crippen LogP contribution is -2.37. The van der Waals surface area contributed by atoms with Gasteiger partial charge in [0, 0.05) is 18.5 Å². The summed E-state index contributed by atoms with van der Waals surface area (Å²) in [6.45, 7) is 7.69. The van der Waals surface area contributed by atoms with Crippen molar-refractivity contribution in [3.05, 3.63) is 0 Å². The third-order valence-electron chi connectivity index (χ3n) is 2.84. The molecular weight excluding hydrogens is 164 g/mol. The number of likely N-dealkylation sites (tertiary alicyclic amines) is 1. The smallest absolute Gasteiger partial charge is 0.225 e. The van der Waals surface area contributed by atoms with E-state index in [0.717, 1.165) is 13.0 Å². The molecule has 3 nitrogen and oxygen atoms in total. The Morgan fingerprint density at radius 2 is 2.23 bits per heavy atom. The average molecular weight is 184 g/mol. The molecule has 1 heterocycles. The quantitative estimate of drug-likeness (QED) is 0.706. The summed E-state index contributed by atoms with van der Waals surface area (Å²) < 4.78 is 0. The summed E-state index contributed by atoms with van der Waals surface area (Å²) in [4.78, 5) is 13.6. The number of carbonyl (C=O) groups excluding carboxylic acids is 1. The normalized spacial score (nSPS) is 31.1. The molecule has 0 bridgehead atoms. The summed E-state index contributed by atoms with van der Waals surface area (Å²) in [7, 11) is 0. The molecule has 1 rings (SSSR count). The van der Waals surface area contributed by atoms with Crippen molar-refractivity contribution in [2.24, 2.45) is 17.6 Å². The van der Waals surface area contributed by atoms with Crippen LogP contribution in [-0.2, 0) is 4.79 Å². The van der Waals surface area contributed by atoms with Crippen molar-refractivity contribution >= 4 is 5.91 Å². The molecule has 0 aromatic rings. The topological polar surface area (TPSA) is 46.3 Å². The number of hydrogen-bond acceptors (Lipinski definition) is 2. The molecular formula is C10H20N2O. The molecule has 1 aliphatic rings. The third-order valence-corrected chi connectivity index (χ3v) is 2.84. The zero-order chi connectivity index (χ0) is 10.0. The Hall–Kier alpha value is -0.570. The summed E-state index contributed by atoms with van der Waals surface area (Å²) in [5.74, 6) is 0.921. The lowest BCUT2D eigenvalue weighted by Gasteiger charge is -2.24. The predicted octanol–water partition coefficient (Wildman–Crippen LogP) is 0.838. The van der Waals surface area contributed by atoms with E-state index >= 15 is 0 Å². The van der Waals surface area contributed by atoms with Crippen LogP contribution in [0.2, 0.25) is 0 Å². The van der Waals surface area contributed by atoms with Crippen molar-refractivity contribution in [3.63, 3.8) is 0 Å². The Morgan fingerprint density at radius 3 is 2.62 bits per heavy atom. The molecule has 76 valence electrons. The van der Waals surface area contributed by atoms with Gasteiger partial charge < -0.3 is 10.6 Å². The molecule has 1 aliphatic heterocycles. The molecule has 0 spiro atoms. The first kappa shape index (κ1) is 10.5. The molecule has 13 heavy (non-hydrogen) atoms. The van der Waals surface area contributed by atoms with Gasteiger partial charge in [-0.1, -0.05) is 13.8 Å². The Bertz CT molecular complexity index is 193. The van der Waals surface area contributed by atoms with Crippen LogP contribution < -0.4 is 5.73 Å². The van der Waals surface area contributed by atoms with Crippen molar-refractivity contribution in [3.8, 4) is 0 Å². The first-order valence-corrected chi connectivity index (χ1v) is 5.06. The second-order valence-corrected chi connectivity index (χ2v) is 4.32. The zero-order valence-corrected chi connectivity index (χ0v) is 8.79. The predicted molar refractivity (Wildman–Crippen MR) is 53.2 cm³/mol. The molecule has 1 saturated heterocycles. The maximum atomic E-state index is 11.7. The molecule has 2 N–H and O–H groups in total. The molecule has 1 fully saturated rings. The Balaban J connectivity index is 2.53. The van der Waals surface area contributed by atoms with Crippen molar-refractivity contribution < 1.29 is 4.79 Å². The number of hydrogen-bond donors (Lipinski definition) is 1. The van der Waals surface area contributed by atoms with Gasteiger partial charge in [-0.15, -0.1) is 0 Å². The molecule has 0 aliphatic carbocycles. The Kier molecular flexibility index (Phi) is 3.31. The Labute approximate surface area is 80.3 Å². The van der Waals surface area contributed by atoms with E-state index in [1.54, 1.807) is 0 Å². The minimum Gasteiger partial charge on any atom is -0.339 e. The van der Waals surface area contributed by atoms with Crippen LogP contribution in [0.1, 0.15) is 27.2 Å². The molecule has 0 aromatic heterocycles. The highest BCUT2D eigenvalue weighted by atomic mass is 16.2. The fraction of sp³-hybridized carbons (Fsp3) is 0.900. The monoisotopic (exact) mass is 184 g/mol. The van der Waals surface area contributed by atoms with E-state index < -0.39 is 0 Å². The summed E-state index contributed by atoms with van der Waals surface area (Å²) in [6, 6.07) is 0.400. The van der Waals surface area contributed by atoms with Crippen LogP contribution in [0.4, 0.5) is 0 Å². The van der Waals surface area contributed by atoms with Gasteiger partial charge in [0.1, 0.15) is 0 Å². The summed E-state index contributed by atoms with van der Waals surface area (Å²) in [5.41, 5.74) is 5.54. The van der Waals surface area contributed by atoms with Gasteiger partial charge in [0.05, 0.1) is 0 Å². The van der Waals surface area contributed by atoms with Gasteiger partial charge >= 0.3 is 0 Å². The van der Waals surface area contributed by atoms with Crippen molar-refractivity contribution in [2.75, 3.05) is 13.1 Å². The molecule has 0 saturated carbocycles. The number of rotatable bonds is 3. The average Bonchev–Trinajstić information content (AvgIpc) is 2.32. The van der Waals surface area contributed by atoms with Crippen LogP contribution in [0.3, 0.4) is 0 Å². The zero-order valence-electron chi connectivity index (χ0n) is 8.79. The van der Waals surface area contributed by atoms with Gasteiger partial charge in [0.25, 0.3) is 0 Å². The Morgan fingerprint density at radius 1 is 1.62 bits per heavy atom. The maximum absolute atomic E-state index is 11.7. The number of nitrogens with two attached hydrogens (primary N) is 1. The highest BCUT2D eigenvalue weighted by Crippen LogP contribution is 2.24. The number of nitrogens with zero attached hydrogens (tertiary/aromatic N) is 1. The van der Waals surface area contributed by atoms with Crippen molar-refractivity contribution in [1.29, 1.82) is 0 Å². The van der Waals surface area contributed by atoms with Gasteiger partial charge in [-0.2, -0.15) is 0 Å². The second-order valence-electron chi connectivity index (χ2n) is 4.32. The van der Waals surface area contributed by atoms with Gasteiger partial charge in [0.2, 0.25) is 5.91 Å². The van der Waals surface area contributed by atoms with Crippen molar-refractivity contribution in [1.82, 2.24) is 4.90 Å². The highest BCUT2D eigenvalue weighted by Gasteiger charge is 2.34. The summed E-state index contributed by atoms with van der Waals surface area (Å²) in [5, 5.41) is 0. The fourth-order valence-electron chi connectivity index (χ4n) is 1.92. The highest BCUT2D eigenvalue weighted by molar-refractivity contribution is 5.81. The first-order chi connectivity index (χ1) is 6.06. The molecule has 3 heteroatoms.